The van der Waals surface area contributed by atoms with Crippen LogP contribution in [0.2, 0.25) is 10.0 Å². The highest BCUT2D eigenvalue weighted by Crippen LogP contribution is 2.30. The highest BCUT2D eigenvalue weighted by Gasteiger charge is 2.22. The van der Waals surface area contributed by atoms with E-state index in [1.165, 1.54) is 4.68 Å². The first kappa shape index (κ1) is 17.3. The summed E-state index contributed by atoms with van der Waals surface area (Å²) in [7, 11) is 0. The van der Waals surface area contributed by atoms with Gasteiger partial charge >= 0.3 is 0 Å². The lowest BCUT2D eigenvalue weighted by atomic mass is 10.2. The van der Waals surface area contributed by atoms with Gasteiger partial charge in [0.1, 0.15) is 11.5 Å². The molecule has 0 aliphatic carbocycles. The number of para-hydroxylation sites is 1. The number of amides is 1. The smallest absolute Gasteiger partial charge is 0.291 e. The van der Waals surface area contributed by atoms with Gasteiger partial charge in [-0.3, -0.25) is 4.79 Å². The van der Waals surface area contributed by atoms with Crippen LogP contribution >= 0.6 is 23.2 Å². The van der Waals surface area contributed by atoms with Crippen LogP contribution in [0.4, 0.5) is 0 Å². The van der Waals surface area contributed by atoms with Gasteiger partial charge in [0.05, 0.1) is 16.6 Å². The molecule has 0 saturated heterocycles. The highest BCUT2D eigenvalue weighted by molar-refractivity contribution is 6.37. The van der Waals surface area contributed by atoms with Crippen molar-refractivity contribution in [3.63, 3.8) is 0 Å². The Labute approximate surface area is 152 Å². The third-order valence-electron chi connectivity index (χ3n) is 3.30. The molecule has 9 nitrogen and oxygen atoms in total. The van der Waals surface area contributed by atoms with Crippen LogP contribution in [0, 0.1) is 0 Å². The van der Waals surface area contributed by atoms with E-state index in [1.54, 1.807) is 18.2 Å². The number of carbonyl (C=O) groups excluding carboxylic acids is 1. The molecule has 0 spiro atoms. The number of tetrazole rings is 1. The second-order valence-electron chi connectivity index (χ2n) is 5.44. The number of nitrogens with zero attached hydrogens (tertiary/aromatic N) is 6. The van der Waals surface area contributed by atoms with Crippen LogP contribution in [0.25, 0.3) is 5.69 Å². The molecule has 130 valence electrons. The molecule has 11 heteroatoms. The topological polar surface area (TPSA) is 114 Å². The minimum Gasteiger partial charge on any atom is -0.342 e. The van der Waals surface area contributed by atoms with Crippen LogP contribution in [0.1, 0.15) is 42.0 Å². The monoisotopic (exact) mass is 380 g/mol. The van der Waals surface area contributed by atoms with Gasteiger partial charge in [0.2, 0.25) is 5.82 Å². The summed E-state index contributed by atoms with van der Waals surface area (Å²) in [5.74, 6) is 0.459. The number of nitrogens with one attached hydrogen (secondary N) is 2. The second-order valence-corrected chi connectivity index (χ2v) is 6.26. The normalized spacial score (nSPS) is 11.1. The minimum atomic E-state index is -0.464. The molecule has 0 fully saturated rings. The zero-order valence-corrected chi connectivity index (χ0v) is 14.9. The molecule has 1 aromatic carbocycles. The van der Waals surface area contributed by atoms with Crippen molar-refractivity contribution < 1.29 is 4.79 Å². The van der Waals surface area contributed by atoms with Crippen LogP contribution < -0.4 is 5.32 Å². The summed E-state index contributed by atoms with van der Waals surface area (Å²) in [6.07, 6.45) is 0. The molecule has 0 aliphatic heterocycles. The van der Waals surface area contributed by atoms with Crippen LogP contribution in [0.15, 0.2) is 18.2 Å². The lowest BCUT2D eigenvalue weighted by Crippen LogP contribution is -2.24. The van der Waals surface area contributed by atoms with E-state index in [2.05, 4.69) is 36.0 Å². The molecule has 2 N–H and O–H groups in total. The first-order valence-electron chi connectivity index (χ1n) is 7.39. The summed E-state index contributed by atoms with van der Waals surface area (Å²) < 4.78 is 1.50. The summed E-state index contributed by atoms with van der Waals surface area (Å²) in [6, 6.07) is 5.13. The fourth-order valence-corrected chi connectivity index (χ4v) is 2.70. The maximum absolute atomic E-state index is 12.3. The van der Waals surface area contributed by atoms with E-state index in [0.717, 1.165) is 0 Å². The first-order valence-corrected chi connectivity index (χ1v) is 8.14. The third-order valence-corrected chi connectivity index (χ3v) is 3.91. The zero-order chi connectivity index (χ0) is 18.0. The Morgan fingerprint density at radius 3 is 2.64 bits per heavy atom. The largest absolute Gasteiger partial charge is 0.342 e. The molecule has 0 saturated carbocycles. The van der Waals surface area contributed by atoms with Gasteiger partial charge in [-0.05, 0) is 12.1 Å². The number of aromatic nitrogens is 7. The van der Waals surface area contributed by atoms with Gasteiger partial charge in [-0.25, -0.2) is 9.67 Å². The van der Waals surface area contributed by atoms with Crippen LogP contribution in [0.5, 0.6) is 0 Å². The molecule has 1 amide bonds. The Hall–Kier alpha value is -2.52. The van der Waals surface area contributed by atoms with Gasteiger partial charge in [-0.2, -0.15) is 5.21 Å². The Morgan fingerprint density at radius 2 is 2.04 bits per heavy atom. The molecule has 0 unspecified atom stereocenters. The highest BCUT2D eigenvalue weighted by atomic mass is 35.5. The van der Waals surface area contributed by atoms with E-state index in [9.17, 15) is 4.79 Å². The number of H-pyrrole nitrogens is 1. The maximum Gasteiger partial charge on any atom is 0.291 e. The predicted octanol–water partition coefficient (Wildman–Crippen LogP) is 2.14. The molecule has 0 atom stereocenters. The number of aromatic amines is 1. The van der Waals surface area contributed by atoms with Crippen molar-refractivity contribution in [3.8, 4) is 5.69 Å². The van der Waals surface area contributed by atoms with Crippen molar-refractivity contribution >= 4 is 29.1 Å². The van der Waals surface area contributed by atoms with Gasteiger partial charge in [0.25, 0.3) is 5.91 Å². The predicted molar refractivity (Wildman–Crippen MR) is 90.8 cm³/mol. The lowest BCUT2D eigenvalue weighted by Gasteiger charge is -2.11. The van der Waals surface area contributed by atoms with Crippen molar-refractivity contribution in [2.24, 2.45) is 0 Å². The number of hydrogen-bond donors (Lipinski definition) is 2. The van der Waals surface area contributed by atoms with Crippen molar-refractivity contribution in [2.75, 3.05) is 0 Å². The average molecular weight is 381 g/mol. The summed E-state index contributed by atoms with van der Waals surface area (Å²) in [6.45, 7) is 3.98. The Morgan fingerprint density at radius 1 is 1.32 bits per heavy atom. The SMILES string of the molecule is CC(C)c1nc(C(=O)NCc2nn[nH]n2)nn1-c1c(Cl)cccc1Cl. The second kappa shape index (κ2) is 7.16. The molecule has 3 aromatic rings. The van der Waals surface area contributed by atoms with E-state index in [4.69, 9.17) is 23.2 Å². The van der Waals surface area contributed by atoms with E-state index in [-0.39, 0.29) is 18.3 Å². The van der Waals surface area contributed by atoms with Gasteiger partial charge < -0.3 is 5.32 Å². The molecule has 0 bridgehead atoms. The third kappa shape index (κ3) is 3.62. The minimum absolute atomic E-state index is 0.00130. The van der Waals surface area contributed by atoms with Gasteiger partial charge in [-0.1, -0.05) is 48.3 Å². The fourth-order valence-electron chi connectivity index (χ4n) is 2.15. The number of rotatable bonds is 5. The quantitative estimate of drug-likeness (QED) is 0.700. The number of hydrogen-bond acceptors (Lipinski definition) is 6. The van der Waals surface area contributed by atoms with Gasteiger partial charge in [0.15, 0.2) is 5.82 Å². The Bertz CT molecular complexity index is 870. The fraction of sp³-hybridized carbons (Fsp3) is 0.286. The molecule has 0 radical (unpaired) electrons. The van der Waals surface area contributed by atoms with Crippen molar-refractivity contribution in [3.05, 3.63) is 45.7 Å². The lowest BCUT2D eigenvalue weighted by molar-refractivity contribution is 0.0939. The first-order chi connectivity index (χ1) is 12.0. The molecule has 0 aliphatic rings. The van der Waals surface area contributed by atoms with Crippen molar-refractivity contribution in [1.82, 2.24) is 40.7 Å². The van der Waals surface area contributed by atoms with Crippen LogP contribution in [-0.2, 0) is 6.54 Å². The molecule has 2 heterocycles. The Balaban J connectivity index is 1.93. The van der Waals surface area contributed by atoms with Crippen LogP contribution in [-0.4, -0.2) is 41.3 Å². The number of benzene rings is 1. The number of halogens is 2. The van der Waals surface area contributed by atoms with Gasteiger partial charge in [-0.15, -0.1) is 15.3 Å². The molecule has 3 rings (SSSR count). The summed E-state index contributed by atoms with van der Waals surface area (Å²) in [5, 5.41) is 21.0. The summed E-state index contributed by atoms with van der Waals surface area (Å²) in [5.41, 5.74) is 0.485. The molecule has 2 aromatic heterocycles. The molecule has 25 heavy (non-hydrogen) atoms. The average Bonchev–Trinajstić information content (AvgIpc) is 3.22. The van der Waals surface area contributed by atoms with Gasteiger partial charge in [0, 0.05) is 5.92 Å². The summed E-state index contributed by atoms with van der Waals surface area (Å²) >= 11 is 12.5. The molecular weight excluding hydrogens is 367 g/mol. The van der Waals surface area contributed by atoms with E-state index in [0.29, 0.717) is 27.4 Å². The van der Waals surface area contributed by atoms with E-state index < -0.39 is 5.91 Å². The van der Waals surface area contributed by atoms with E-state index in [1.807, 2.05) is 13.8 Å². The Kier molecular flexibility index (Phi) is 4.95. The molecular formula is C14H14Cl2N8O. The summed E-state index contributed by atoms with van der Waals surface area (Å²) in [4.78, 5) is 16.7. The van der Waals surface area contributed by atoms with E-state index >= 15 is 0 Å². The number of carbonyl (C=O) groups is 1. The maximum atomic E-state index is 12.3. The van der Waals surface area contributed by atoms with Crippen molar-refractivity contribution in [1.29, 1.82) is 0 Å². The van der Waals surface area contributed by atoms with Crippen LogP contribution in [0.3, 0.4) is 0 Å². The van der Waals surface area contributed by atoms with Crippen molar-refractivity contribution in [2.45, 2.75) is 26.3 Å². The standard InChI is InChI=1S/C14H14Cl2N8O/c1-7(2)13-18-12(14(25)17-6-10-19-22-23-20-10)21-24(13)11-8(15)4-3-5-9(11)16/h3-5,7H,6H2,1-2H3,(H,17,25)(H,19,20,22,23). The zero-order valence-electron chi connectivity index (χ0n) is 13.4.